The second-order valence-corrected chi connectivity index (χ2v) is 7.84. The van der Waals surface area contributed by atoms with Gasteiger partial charge < -0.3 is 20.1 Å². The lowest BCUT2D eigenvalue weighted by Gasteiger charge is -2.23. The molecule has 2 heterocycles. The lowest BCUT2D eigenvalue weighted by molar-refractivity contribution is 0.0693. The third-order valence-corrected chi connectivity index (χ3v) is 5.27. The van der Waals surface area contributed by atoms with Crippen molar-refractivity contribution >= 4 is 0 Å². The maximum atomic E-state index is 10.3. The summed E-state index contributed by atoms with van der Waals surface area (Å²) < 4.78 is 7.70. The Labute approximate surface area is 168 Å². The van der Waals surface area contributed by atoms with E-state index in [-0.39, 0.29) is 0 Å². The minimum atomic E-state index is -0.451. The summed E-state index contributed by atoms with van der Waals surface area (Å²) in [5.74, 6) is 0.812. The SMILES string of the molecule is Cc1nn(C)cc1CNCc1cccc(OCC(O)CN2CCCCCC2)c1. The van der Waals surface area contributed by atoms with Crippen LogP contribution in [0.5, 0.6) is 5.75 Å². The molecule has 1 aliphatic rings. The fraction of sp³-hybridized carbons (Fsp3) is 0.591. The third kappa shape index (κ3) is 6.62. The largest absolute Gasteiger partial charge is 0.491 e. The monoisotopic (exact) mass is 386 g/mol. The minimum absolute atomic E-state index is 0.336. The van der Waals surface area contributed by atoms with E-state index in [1.165, 1.54) is 36.8 Å². The number of aliphatic hydroxyl groups is 1. The number of hydrogen-bond donors (Lipinski definition) is 2. The summed E-state index contributed by atoms with van der Waals surface area (Å²) in [6.45, 7) is 6.81. The van der Waals surface area contributed by atoms with E-state index in [0.717, 1.165) is 37.6 Å². The topological polar surface area (TPSA) is 62.6 Å². The molecule has 0 bridgehead atoms. The third-order valence-electron chi connectivity index (χ3n) is 5.27. The highest BCUT2D eigenvalue weighted by molar-refractivity contribution is 5.28. The summed E-state index contributed by atoms with van der Waals surface area (Å²) in [5.41, 5.74) is 3.44. The number of hydrogen-bond acceptors (Lipinski definition) is 5. The van der Waals surface area contributed by atoms with Crippen LogP contribution in [-0.4, -0.2) is 52.1 Å². The number of nitrogens with zero attached hydrogens (tertiary/aromatic N) is 3. The van der Waals surface area contributed by atoms with Crippen molar-refractivity contribution in [1.29, 1.82) is 0 Å². The van der Waals surface area contributed by atoms with Crippen LogP contribution < -0.4 is 10.1 Å². The standard InChI is InChI=1S/C22H34N4O2/c1-18-20(15-25(2)24-18)14-23-13-19-8-7-9-22(12-19)28-17-21(27)16-26-10-5-3-4-6-11-26/h7-9,12,15,21,23,27H,3-6,10-11,13-14,16-17H2,1-2H3. The summed E-state index contributed by atoms with van der Waals surface area (Å²) in [4.78, 5) is 2.36. The van der Waals surface area contributed by atoms with Gasteiger partial charge in [-0.25, -0.2) is 0 Å². The Bertz CT molecular complexity index is 723. The first kappa shape index (κ1) is 20.8. The number of likely N-dealkylation sites (tertiary alicyclic amines) is 1. The molecule has 154 valence electrons. The van der Waals surface area contributed by atoms with E-state index in [1.54, 1.807) is 0 Å². The average molecular weight is 387 g/mol. The molecule has 0 amide bonds. The highest BCUT2D eigenvalue weighted by atomic mass is 16.5. The fourth-order valence-electron chi connectivity index (χ4n) is 3.77. The van der Waals surface area contributed by atoms with Crippen LogP contribution in [0.15, 0.2) is 30.5 Å². The molecule has 0 radical (unpaired) electrons. The Morgan fingerprint density at radius 1 is 1.18 bits per heavy atom. The van der Waals surface area contributed by atoms with E-state index in [2.05, 4.69) is 21.4 Å². The predicted octanol–water partition coefficient (Wildman–Crippen LogP) is 2.63. The summed E-state index contributed by atoms with van der Waals surface area (Å²) in [6, 6.07) is 8.08. The lowest BCUT2D eigenvalue weighted by atomic mass is 10.2. The molecule has 28 heavy (non-hydrogen) atoms. The molecule has 6 nitrogen and oxygen atoms in total. The molecule has 1 saturated heterocycles. The molecule has 1 aromatic carbocycles. The molecular formula is C22H34N4O2. The van der Waals surface area contributed by atoms with Crippen molar-refractivity contribution < 1.29 is 9.84 Å². The van der Waals surface area contributed by atoms with Gasteiger partial charge in [-0.1, -0.05) is 25.0 Å². The Balaban J connectivity index is 1.41. The Morgan fingerprint density at radius 3 is 2.68 bits per heavy atom. The van der Waals surface area contributed by atoms with Crippen molar-refractivity contribution in [3.8, 4) is 5.75 Å². The zero-order valence-electron chi connectivity index (χ0n) is 17.2. The van der Waals surface area contributed by atoms with Gasteiger partial charge in [0.15, 0.2) is 0 Å². The number of rotatable bonds is 9. The van der Waals surface area contributed by atoms with Crippen molar-refractivity contribution in [3.63, 3.8) is 0 Å². The maximum Gasteiger partial charge on any atom is 0.119 e. The van der Waals surface area contributed by atoms with Crippen LogP contribution in [0.3, 0.4) is 0 Å². The highest BCUT2D eigenvalue weighted by Gasteiger charge is 2.14. The first-order valence-electron chi connectivity index (χ1n) is 10.4. The molecule has 1 aromatic heterocycles. The van der Waals surface area contributed by atoms with Crippen LogP contribution in [0.25, 0.3) is 0 Å². The molecule has 0 saturated carbocycles. The van der Waals surface area contributed by atoms with Crippen LogP contribution in [0.2, 0.25) is 0 Å². The number of nitrogens with one attached hydrogen (secondary N) is 1. The van der Waals surface area contributed by atoms with Crippen molar-refractivity contribution in [2.45, 2.75) is 51.8 Å². The van der Waals surface area contributed by atoms with Crippen molar-refractivity contribution in [2.75, 3.05) is 26.2 Å². The van der Waals surface area contributed by atoms with Gasteiger partial charge in [-0.05, 0) is 50.6 Å². The van der Waals surface area contributed by atoms with Gasteiger partial charge in [-0.2, -0.15) is 5.10 Å². The molecule has 1 atom stereocenters. The van der Waals surface area contributed by atoms with Gasteiger partial charge in [0, 0.05) is 38.4 Å². The van der Waals surface area contributed by atoms with Crippen molar-refractivity contribution in [2.24, 2.45) is 7.05 Å². The first-order valence-corrected chi connectivity index (χ1v) is 10.4. The normalized spacial score (nSPS) is 16.7. The van der Waals surface area contributed by atoms with Crippen molar-refractivity contribution in [1.82, 2.24) is 20.0 Å². The van der Waals surface area contributed by atoms with E-state index in [1.807, 2.05) is 43.0 Å². The number of β-amino-alcohol motifs (C(OH)–C–C–N with tert-alkyl or cyclic N) is 1. The molecular weight excluding hydrogens is 352 g/mol. The second kappa shape index (κ2) is 10.6. The lowest BCUT2D eigenvalue weighted by Crippen LogP contribution is -2.36. The van der Waals surface area contributed by atoms with Crippen LogP contribution >= 0.6 is 0 Å². The smallest absolute Gasteiger partial charge is 0.119 e. The van der Waals surface area contributed by atoms with Gasteiger partial charge in [0.2, 0.25) is 0 Å². The van der Waals surface area contributed by atoms with Gasteiger partial charge in [-0.3, -0.25) is 4.68 Å². The zero-order chi connectivity index (χ0) is 19.8. The number of aromatic nitrogens is 2. The molecule has 1 aliphatic heterocycles. The van der Waals surface area contributed by atoms with E-state index < -0.39 is 6.10 Å². The molecule has 0 spiro atoms. The predicted molar refractivity (Wildman–Crippen MR) is 111 cm³/mol. The van der Waals surface area contributed by atoms with Crippen LogP contribution in [0.1, 0.15) is 42.5 Å². The molecule has 6 heteroatoms. The number of aryl methyl sites for hydroxylation is 2. The van der Waals surface area contributed by atoms with Crippen molar-refractivity contribution in [3.05, 3.63) is 47.3 Å². The van der Waals surface area contributed by atoms with Crippen LogP contribution in [0.4, 0.5) is 0 Å². The highest BCUT2D eigenvalue weighted by Crippen LogP contribution is 2.15. The zero-order valence-corrected chi connectivity index (χ0v) is 17.2. The Morgan fingerprint density at radius 2 is 1.96 bits per heavy atom. The quantitative estimate of drug-likeness (QED) is 0.694. The molecule has 0 aliphatic carbocycles. The molecule has 3 rings (SSSR count). The minimum Gasteiger partial charge on any atom is -0.491 e. The van der Waals surface area contributed by atoms with E-state index in [0.29, 0.717) is 13.2 Å². The van der Waals surface area contributed by atoms with E-state index in [9.17, 15) is 5.11 Å². The Kier molecular flexibility index (Phi) is 7.89. The van der Waals surface area contributed by atoms with Gasteiger partial charge in [0.1, 0.15) is 18.5 Å². The van der Waals surface area contributed by atoms with Gasteiger partial charge in [0.05, 0.1) is 5.69 Å². The molecule has 2 N–H and O–H groups in total. The molecule has 2 aromatic rings. The first-order chi connectivity index (χ1) is 13.6. The summed E-state index contributed by atoms with van der Waals surface area (Å²) in [6.07, 6.45) is 6.69. The average Bonchev–Trinajstić information content (AvgIpc) is 2.86. The van der Waals surface area contributed by atoms with Gasteiger partial charge in [0.25, 0.3) is 0 Å². The molecule has 1 fully saturated rings. The Hall–Kier alpha value is -1.89. The number of ether oxygens (including phenoxy) is 1. The second-order valence-electron chi connectivity index (χ2n) is 7.84. The van der Waals surface area contributed by atoms with E-state index in [4.69, 9.17) is 4.74 Å². The fourth-order valence-corrected chi connectivity index (χ4v) is 3.77. The number of benzene rings is 1. The van der Waals surface area contributed by atoms with E-state index >= 15 is 0 Å². The molecule has 1 unspecified atom stereocenters. The van der Waals surface area contributed by atoms with Gasteiger partial charge >= 0.3 is 0 Å². The summed E-state index contributed by atoms with van der Waals surface area (Å²) >= 11 is 0. The maximum absolute atomic E-state index is 10.3. The van der Waals surface area contributed by atoms with Crippen LogP contribution in [0, 0.1) is 6.92 Å². The summed E-state index contributed by atoms with van der Waals surface area (Å²) in [5, 5.41) is 18.2. The van der Waals surface area contributed by atoms with Crippen LogP contribution in [-0.2, 0) is 20.1 Å². The number of aliphatic hydroxyl groups excluding tert-OH is 1. The summed E-state index contributed by atoms with van der Waals surface area (Å²) in [7, 11) is 1.94. The van der Waals surface area contributed by atoms with Gasteiger partial charge in [-0.15, -0.1) is 0 Å².